The van der Waals surface area contributed by atoms with Gasteiger partial charge in [0.25, 0.3) is 0 Å². The molecule has 1 fully saturated rings. The Balaban J connectivity index is 1.45. The molecule has 0 aliphatic carbocycles. The molecule has 2 aliphatic heterocycles. The van der Waals surface area contributed by atoms with E-state index < -0.39 is 0 Å². The maximum Gasteiger partial charge on any atom is 0.164 e. The second kappa shape index (κ2) is 7.48. The first-order chi connectivity index (χ1) is 12.3. The molecule has 0 radical (unpaired) electrons. The summed E-state index contributed by atoms with van der Waals surface area (Å²) in [5, 5.41) is 0. The molecule has 0 unspecified atom stereocenters. The van der Waals surface area contributed by atoms with Crippen LogP contribution in [0, 0.1) is 0 Å². The zero-order chi connectivity index (χ0) is 17.1. The summed E-state index contributed by atoms with van der Waals surface area (Å²) in [5.41, 5.74) is 4.65. The van der Waals surface area contributed by atoms with Crippen LogP contribution in [-0.2, 0) is 29.2 Å². The van der Waals surface area contributed by atoms with Gasteiger partial charge in [-0.15, -0.1) is 0 Å². The number of Topliss-reactive ketones (excluding diaryl/α,β-unsaturated/α-hetero) is 1. The van der Waals surface area contributed by atoms with Gasteiger partial charge < -0.3 is 9.47 Å². The number of hydrogen-bond acceptors (Lipinski definition) is 4. The Bertz CT molecular complexity index is 744. The van der Waals surface area contributed by atoms with Crippen LogP contribution in [0.15, 0.2) is 48.5 Å². The monoisotopic (exact) mass is 337 g/mol. The number of benzene rings is 2. The van der Waals surface area contributed by atoms with Crippen molar-refractivity contribution >= 4 is 5.78 Å². The summed E-state index contributed by atoms with van der Waals surface area (Å²) in [7, 11) is 0. The third kappa shape index (κ3) is 3.82. The van der Waals surface area contributed by atoms with E-state index in [0.717, 1.165) is 31.9 Å². The number of ketones is 1. The van der Waals surface area contributed by atoms with Gasteiger partial charge in [-0.05, 0) is 16.7 Å². The highest BCUT2D eigenvalue weighted by molar-refractivity contribution is 5.96. The molecule has 2 heterocycles. The van der Waals surface area contributed by atoms with E-state index in [1.807, 2.05) is 30.3 Å². The van der Waals surface area contributed by atoms with Crippen LogP contribution in [0.4, 0.5) is 0 Å². The lowest BCUT2D eigenvalue weighted by Gasteiger charge is -2.35. The number of carbonyl (C=O) groups excluding carboxylic acids is 1. The molecule has 130 valence electrons. The van der Waals surface area contributed by atoms with Crippen molar-refractivity contribution in [3.05, 3.63) is 70.8 Å². The first-order valence-corrected chi connectivity index (χ1v) is 8.88. The van der Waals surface area contributed by atoms with Crippen molar-refractivity contribution in [2.45, 2.75) is 32.2 Å². The Morgan fingerprint density at radius 2 is 1.88 bits per heavy atom. The molecule has 2 aromatic carbocycles. The summed E-state index contributed by atoms with van der Waals surface area (Å²) in [4.78, 5) is 14.9. The highest BCUT2D eigenvalue weighted by Crippen LogP contribution is 2.23. The van der Waals surface area contributed by atoms with Crippen LogP contribution in [0.25, 0.3) is 0 Å². The van der Waals surface area contributed by atoms with Crippen molar-refractivity contribution in [1.82, 2.24) is 4.90 Å². The SMILES string of the molecule is O=C(C[C@@H]1COCCN1Cc1ccc2c(c1)COC2)c1ccccc1. The van der Waals surface area contributed by atoms with Crippen LogP contribution in [0.2, 0.25) is 0 Å². The van der Waals surface area contributed by atoms with Gasteiger partial charge in [-0.2, -0.15) is 0 Å². The molecule has 0 N–H and O–H groups in total. The van der Waals surface area contributed by atoms with Crippen molar-refractivity contribution < 1.29 is 14.3 Å². The minimum absolute atomic E-state index is 0.131. The van der Waals surface area contributed by atoms with Crippen molar-refractivity contribution in [2.75, 3.05) is 19.8 Å². The van der Waals surface area contributed by atoms with Gasteiger partial charge in [0.15, 0.2) is 5.78 Å². The third-order valence-corrected chi connectivity index (χ3v) is 5.04. The van der Waals surface area contributed by atoms with Gasteiger partial charge in [-0.3, -0.25) is 9.69 Å². The summed E-state index contributed by atoms with van der Waals surface area (Å²) in [6, 6.07) is 16.3. The minimum Gasteiger partial charge on any atom is -0.378 e. The average Bonchev–Trinajstić information content (AvgIpc) is 3.12. The van der Waals surface area contributed by atoms with Crippen LogP contribution >= 0.6 is 0 Å². The van der Waals surface area contributed by atoms with E-state index in [1.54, 1.807) is 0 Å². The molecule has 2 aromatic rings. The Kier molecular flexibility index (Phi) is 4.92. The van der Waals surface area contributed by atoms with E-state index in [1.165, 1.54) is 16.7 Å². The largest absolute Gasteiger partial charge is 0.378 e. The van der Waals surface area contributed by atoms with Gasteiger partial charge in [0.2, 0.25) is 0 Å². The normalized spacial score (nSPS) is 20.4. The van der Waals surface area contributed by atoms with Gasteiger partial charge in [0, 0.05) is 31.1 Å². The Hall–Kier alpha value is -2.01. The first kappa shape index (κ1) is 16.5. The lowest BCUT2D eigenvalue weighted by molar-refractivity contribution is -0.0126. The molecule has 0 saturated carbocycles. The number of carbonyl (C=O) groups is 1. The van der Waals surface area contributed by atoms with E-state index in [0.29, 0.717) is 19.6 Å². The first-order valence-electron chi connectivity index (χ1n) is 8.88. The van der Waals surface area contributed by atoms with E-state index in [9.17, 15) is 4.79 Å². The number of nitrogens with zero attached hydrogens (tertiary/aromatic N) is 1. The topological polar surface area (TPSA) is 38.8 Å². The Morgan fingerprint density at radius 3 is 2.76 bits per heavy atom. The molecule has 0 amide bonds. The quantitative estimate of drug-likeness (QED) is 0.786. The van der Waals surface area contributed by atoms with Crippen LogP contribution in [0.5, 0.6) is 0 Å². The molecule has 0 bridgehead atoms. The molecule has 0 aromatic heterocycles. The lowest BCUT2D eigenvalue weighted by atomic mass is 10.0. The fourth-order valence-corrected chi connectivity index (χ4v) is 3.60. The molecular weight excluding hydrogens is 314 g/mol. The van der Waals surface area contributed by atoms with Crippen LogP contribution < -0.4 is 0 Å². The van der Waals surface area contributed by atoms with Crippen molar-refractivity contribution in [3.8, 4) is 0 Å². The van der Waals surface area contributed by atoms with Gasteiger partial charge in [0.05, 0.1) is 26.4 Å². The van der Waals surface area contributed by atoms with Crippen LogP contribution in [0.3, 0.4) is 0 Å². The van der Waals surface area contributed by atoms with E-state index in [2.05, 4.69) is 23.1 Å². The smallest absolute Gasteiger partial charge is 0.164 e. The molecule has 25 heavy (non-hydrogen) atoms. The molecule has 4 rings (SSSR count). The lowest BCUT2D eigenvalue weighted by Crippen LogP contribution is -2.45. The van der Waals surface area contributed by atoms with Crippen molar-refractivity contribution in [3.63, 3.8) is 0 Å². The number of morpholine rings is 1. The molecule has 0 spiro atoms. The fourth-order valence-electron chi connectivity index (χ4n) is 3.60. The standard InChI is InChI=1S/C21H23NO3/c23-21(17-4-2-1-3-5-17)11-20-15-24-9-8-22(20)12-16-6-7-18-13-25-14-19(18)10-16/h1-7,10,20H,8-9,11-15H2/t20-/m1/s1. The Morgan fingerprint density at radius 1 is 1.04 bits per heavy atom. The third-order valence-electron chi connectivity index (χ3n) is 5.04. The number of rotatable bonds is 5. The predicted molar refractivity (Wildman–Crippen MR) is 95.3 cm³/mol. The summed E-state index contributed by atoms with van der Waals surface area (Å²) in [6.45, 7) is 4.49. The van der Waals surface area contributed by atoms with E-state index in [4.69, 9.17) is 9.47 Å². The highest BCUT2D eigenvalue weighted by Gasteiger charge is 2.26. The van der Waals surface area contributed by atoms with Crippen LogP contribution in [0.1, 0.15) is 33.5 Å². The van der Waals surface area contributed by atoms with E-state index in [-0.39, 0.29) is 11.8 Å². The van der Waals surface area contributed by atoms with Gasteiger partial charge in [-0.25, -0.2) is 0 Å². The van der Waals surface area contributed by atoms with Crippen molar-refractivity contribution in [2.24, 2.45) is 0 Å². The van der Waals surface area contributed by atoms with Crippen molar-refractivity contribution in [1.29, 1.82) is 0 Å². The molecule has 4 nitrogen and oxygen atoms in total. The summed E-state index contributed by atoms with van der Waals surface area (Å²) in [6.07, 6.45) is 0.498. The maximum atomic E-state index is 12.6. The molecule has 2 aliphatic rings. The Labute approximate surface area is 148 Å². The van der Waals surface area contributed by atoms with Gasteiger partial charge >= 0.3 is 0 Å². The fraction of sp³-hybridized carbons (Fsp3) is 0.381. The van der Waals surface area contributed by atoms with Gasteiger partial charge in [0.1, 0.15) is 0 Å². The highest BCUT2D eigenvalue weighted by atomic mass is 16.5. The molecular formula is C21H23NO3. The number of ether oxygens (including phenoxy) is 2. The summed E-state index contributed by atoms with van der Waals surface area (Å²) < 4.78 is 11.2. The molecule has 1 atom stereocenters. The predicted octanol–water partition coefficient (Wildman–Crippen LogP) is 3.19. The van der Waals surface area contributed by atoms with Gasteiger partial charge in [-0.1, -0.05) is 48.5 Å². The summed E-state index contributed by atoms with van der Waals surface area (Å²) >= 11 is 0. The zero-order valence-electron chi connectivity index (χ0n) is 14.3. The number of hydrogen-bond donors (Lipinski definition) is 0. The molecule has 4 heteroatoms. The summed E-state index contributed by atoms with van der Waals surface area (Å²) in [5.74, 6) is 0.184. The second-order valence-corrected chi connectivity index (χ2v) is 6.79. The van der Waals surface area contributed by atoms with E-state index >= 15 is 0 Å². The zero-order valence-corrected chi connectivity index (χ0v) is 14.3. The minimum atomic E-state index is 0.131. The number of fused-ring (bicyclic) bond motifs is 1. The maximum absolute atomic E-state index is 12.6. The second-order valence-electron chi connectivity index (χ2n) is 6.79. The average molecular weight is 337 g/mol. The van der Waals surface area contributed by atoms with Crippen LogP contribution in [-0.4, -0.2) is 36.5 Å². The molecule has 1 saturated heterocycles.